The number of pyridine rings is 1. The maximum absolute atomic E-state index is 12.1. The molecule has 0 spiro atoms. The van der Waals surface area contributed by atoms with Crippen molar-refractivity contribution in [2.75, 3.05) is 5.32 Å². The lowest BCUT2D eigenvalue weighted by Crippen LogP contribution is -2.14. The quantitative estimate of drug-likeness (QED) is 0.736. The molecule has 1 aromatic carbocycles. The molecule has 0 atom stereocenters. The molecule has 2 N–H and O–H groups in total. The van der Waals surface area contributed by atoms with Crippen LogP contribution in [0.3, 0.4) is 0 Å². The van der Waals surface area contributed by atoms with Crippen molar-refractivity contribution < 1.29 is 4.79 Å². The fraction of sp³-hybridized carbons (Fsp3) is 0.0714. The predicted octanol–water partition coefficient (Wildman–Crippen LogP) is 2.52. The third-order valence-corrected chi connectivity index (χ3v) is 2.73. The summed E-state index contributed by atoms with van der Waals surface area (Å²) in [5.41, 5.74) is 2.46. The van der Waals surface area contributed by atoms with Crippen LogP contribution in [-0.4, -0.2) is 20.9 Å². The Hall–Kier alpha value is -2.69. The molecule has 94 valence electrons. The van der Waals surface area contributed by atoms with E-state index in [1.54, 1.807) is 6.07 Å². The lowest BCUT2D eigenvalue weighted by atomic mass is 10.3. The molecule has 5 nitrogen and oxygen atoms in total. The number of carbonyl (C=O) groups excluding carboxylic acids is 1. The Bertz CT molecular complexity index is 715. The molecule has 0 fully saturated rings. The van der Waals surface area contributed by atoms with Crippen LogP contribution in [0.5, 0.6) is 0 Å². The van der Waals surface area contributed by atoms with Crippen LogP contribution in [0.4, 0.5) is 5.82 Å². The Balaban J connectivity index is 1.87. The van der Waals surface area contributed by atoms with Crippen LogP contribution in [0.25, 0.3) is 11.0 Å². The van der Waals surface area contributed by atoms with E-state index in [1.165, 1.54) is 0 Å². The Morgan fingerprint density at radius 2 is 1.95 bits per heavy atom. The molecule has 0 radical (unpaired) electrons. The van der Waals surface area contributed by atoms with Crippen LogP contribution in [-0.2, 0) is 0 Å². The van der Waals surface area contributed by atoms with Crippen molar-refractivity contribution >= 4 is 22.8 Å². The number of anilines is 1. The number of nitrogens with zero attached hydrogens (tertiary/aromatic N) is 2. The van der Waals surface area contributed by atoms with E-state index >= 15 is 0 Å². The lowest BCUT2D eigenvalue weighted by Gasteiger charge is -2.02. The van der Waals surface area contributed by atoms with Gasteiger partial charge in [-0.25, -0.2) is 9.97 Å². The van der Waals surface area contributed by atoms with Gasteiger partial charge in [0.05, 0.1) is 11.0 Å². The number of H-pyrrole nitrogens is 1. The Kier molecular flexibility index (Phi) is 2.72. The molecule has 2 aromatic heterocycles. The minimum absolute atomic E-state index is 0.282. The highest BCUT2D eigenvalue weighted by molar-refractivity contribution is 6.02. The molecular weight excluding hydrogens is 240 g/mol. The third kappa shape index (κ3) is 2.30. The highest BCUT2D eigenvalue weighted by Gasteiger charge is 2.11. The van der Waals surface area contributed by atoms with Crippen LogP contribution < -0.4 is 5.32 Å². The van der Waals surface area contributed by atoms with Gasteiger partial charge in [-0.1, -0.05) is 18.2 Å². The first-order chi connectivity index (χ1) is 9.22. The maximum Gasteiger partial charge on any atom is 0.292 e. The summed E-state index contributed by atoms with van der Waals surface area (Å²) >= 11 is 0. The van der Waals surface area contributed by atoms with Gasteiger partial charge in [0.25, 0.3) is 5.91 Å². The number of aromatic amines is 1. The van der Waals surface area contributed by atoms with Gasteiger partial charge in [0.1, 0.15) is 5.82 Å². The molecule has 0 unspecified atom stereocenters. The van der Waals surface area contributed by atoms with Gasteiger partial charge >= 0.3 is 0 Å². The summed E-state index contributed by atoms with van der Waals surface area (Å²) in [6.07, 6.45) is 0. The number of imidazole rings is 1. The van der Waals surface area contributed by atoms with Gasteiger partial charge < -0.3 is 10.3 Å². The van der Waals surface area contributed by atoms with E-state index in [4.69, 9.17) is 0 Å². The van der Waals surface area contributed by atoms with E-state index in [2.05, 4.69) is 20.3 Å². The zero-order chi connectivity index (χ0) is 13.2. The average Bonchev–Trinajstić information content (AvgIpc) is 2.82. The number of amides is 1. The van der Waals surface area contributed by atoms with Crippen molar-refractivity contribution in [3.8, 4) is 0 Å². The molecule has 19 heavy (non-hydrogen) atoms. The molecule has 0 aliphatic heterocycles. The minimum Gasteiger partial charge on any atom is -0.334 e. The van der Waals surface area contributed by atoms with Crippen LogP contribution in [0.15, 0.2) is 42.5 Å². The maximum atomic E-state index is 12.1. The number of fused-ring (bicyclic) bond motifs is 1. The Labute approximate surface area is 109 Å². The highest BCUT2D eigenvalue weighted by atomic mass is 16.2. The number of aryl methyl sites for hydroxylation is 1. The van der Waals surface area contributed by atoms with E-state index < -0.39 is 0 Å². The van der Waals surface area contributed by atoms with Gasteiger partial charge in [0.15, 0.2) is 5.82 Å². The molecule has 1 amide bonds. The molecule has 0 saturated carbocycles. The molecule has 5 heteroatoms. The number of hydrogen-bond acceptors (Lipinski definition) is 3. The van der Waals surface area contributed by atoms with E-state index in [0.29, 0.717) is 5.82 Å². The fourth-order valence-electron chi connectivity index (χ4n) is 1.85. The van der Waals surface area contributed by atoms with Gasteiger partial charge in [-0.2, -0.15) is 0 Å². The normalized spacial score (nSPS) is 10.6. The van der Waals surface area contributed by atoms with Crippen molar-refractivity contribution in [2.45, 2.75) is 6.92 Å². The number of carbonyl (C=O) groups is 1. The Morgan fingerprint density at radius 1 is 1.11 bits per heavy atom. The van der Waals surface area contributed by atoms with Crippen molar-refractivity contribution in [1.82, 2.24) is 15.0 Å². The van der Waals surface area contributed by atoms with Gasteiger partial charge in [0.2, 0.25) is 0 Å². The topological polar surface area (TPSA) is 70.7 Å². The van der Waals surface area contributed by atoms with Crippen LogP contribution in [0, 0.1) is 6.92 Å². The van der Waals surface area contributed by atoms with Gasteiger partial charge in [-0.05, 0) is 31.2 Å². The van der Waals surface area contributed by atoms with Crippen molar-refractivity contribution in [1.29, 1.82) is 0 Å². The van der Waals surface area contributed by atoms with Crippen LogP contribution in [0.1, 0.15) is 16.3 Å². The van der Waals surface area contributed by atoms with E-state index in [0.717, 1.165) is 16.7 Å². The van der Waals surface area contributed by atoms with E-state index in [9.17, 15) is 4.79 Å². The van der Waals surface area contributed by atoms with Crippen molar-refractivity contribution in [3.05, 3.63) is 54.0 Å². The molecule has 0 aliphatic carbocycles. The standard InChI is InChI=1S/C14H12N4O/c1-9-5-4-8-12(15-9)18-14(19)13-16-10-6-2-3-7-11(10)17-13/h2-8H,1H3,(H,16,17)(H,15,18,19). The summed E-state index contributed by atoms with van der Waals surface area (Å²) in [5, 5.41) is 2.72. The largest absolute Gasteiger partial charge is 0.334 e. The van der Waals surface area contributed by atoms with Crippen LogP contribution >= 0.6 is 0 Å². The number of hydrogen-bond donors (Lipinski definition) is 2. The van der Waals surface area contributed by atoms with Crippen LogP contribution in [0.2, 0.25) is 0 Å². The first-order valence-electron chi connectivity index (χ1n) is 5.92. The number of rotatable bonds is 2. The summed E-state index contributed by atoms with van der Waals surface area (Å²) in [5.74, 6) is 0.504. The smallest absolute Gasteiger partial charge is 0.292 e. The first-order valence-corrected chi connectivity index (χ1v) is 5.92. The molecule has 0 saturated heterocycles. The molecule has 3 rings (SSSR count). The minimum atomic E-state index is -0.297. The average molecular weight is 252 g/mol. The third-order valence-electron chi connectivity index (χ3n) is 2.73. The second kappa shape index (κ2) is 4.53. The second-order valence-electron chi connectivity index (χ2n) is 4.22. The summed E-state index contributed by atoms with van der Waals surface area (Å²) in [6.45, 7) is 1.87. The monoisotopic (exact) mass is 252 g/mol. The zero-order valence-electron chi connectivity index (χ0n) is 10.3. The van der Waals surface area contributed by atoms with E-state index in [-0.39, 0.29) is 11.7 Å². The van der Waals surface area contributed by atoms with Crippen molar-refractivity contribution in [3.63, 3.8) is 0 Å². The predicted molar refractivity (Wildman–Crippen MR) is 73.0 cm³/mol. The number of benzene rings is 1. The SMILES string of the molecule is Cc1cccc(NC(=O)c2nc3ccccc3[nH]2)n1. The molecule has 0 bridgehead atoms. The summed E-state index contributed by atoms with van der Waals surface area (Å²) in [4.78, 5) is 23.5. The van der Waals surface area contributed by atoms with Crippen molar-refractivity contribution in [2.24, 2.45) is 0 Å². The number of aromatic nitrogens is 3. The zero-order valence-corrected chi connectivity index (χ0v) is 10.3. The summed E-state index contributed by atoms with van der Waals surface area (Å²) in [6, 6.07) is 13.0. The molecular formula is C14H12N4O. The molecule has 3 aromatic rings. The number of nitrogens with one attached hydrogen (secondary N) is 2. The lowest BCUT2D eigenvalue weighted by molar-refractivity contribution is 0.101. The first kappa shape index (κ1) is 11.4. The highest BCUT2D eigenvalue weighted by Crippen LogP contribution is 2.11. The van der Waals surface area contributed by atoms with E-state index in [1.807, 2.05) is 43.3 Å². The summed E-state index contributed by atoms with van der Waals surface area (Å²) in [7, 11) is 0. The molecule has 0 aliphatic rings. The second-order valence-corrected chi connectivity index (χ2v) is 4.22. The van der Waals surface area contributed by atoms with Gasteiger partial charge in [-0.15, -0.1) is 0 Å². The van der Waals surface area contributed by atoms with Gasteiger partial charge in [-0.3, -0.25) is 4.79 Å². The molecule has 2 heterocycles. The summed E-state index contributed by atoms with van der Waals surface area (Å²) < 4.78 is 0. The fourth-order valence-corrected chi connectivity index (χ4v) is 1.85. The van der Waals surface area contributed by atoms with Gasteiger partial charge in [0, 0.05) is 5.69 Å². The Morgan fingerprint density at radius 3 is 2.74 bits per heavy atom. The number of para-hydroxylation sites is 2.